The Labute approximate surface area is 246 Å². The second-order valence-corrected chi connectivity index (χ2v) is 15.0. The summed E-state index contributed by atoms with van der Waals surface area (Å²) < 4.78 is 5.85. The molecule has 10 heteroatoms. The van der Waals surface area contributed by atoms with Crippen LogP contribution < -0.4 is 5.73 Å². The summed E-state index contributed by atoms with van der Waals surface area (Å²) in [6.07, 6.45) is 5.98. The maximum absolute atomic E-state index is 13.7. The van der Waals surface area contributed by atoms with Gasteiger partial charge in [0.25, 0.3) is 0 Å². The lowest BCUT2D eigenvalue weighted by Gasteiger charge is -2.64. The Balaban J connectivity index is 1.45. The third-order valence-corrected chi connectivity index (χ3v) is 13.7. The average molecular weight is 592 g/mol. The number of nitrogens with two attached hydrogens (primary N) is 1. The molecule has 5 rings (SSSR count). The zero-order chi connectivity index (χ0) is 30.1. The number of cyclic esters (lactones) is 1. The number of carboxylic acids is 1. The van der Waals surface area contributed by atoms with Crippen molar-refractivity contribution in [3.63, 3.8) is 0 Å². The number of hydrogen-bond acceptors (Lipinski definition) is 9. The lowest BCUT2D eigenvalue weighted by molar-refractivity contribution is -0.214. The van der Waals surface area contributed by atoms with Gasteiger partial charge in [0.05, 0.1) is 17.6 Å². The van der Waals surface area contributed by atoms with Crippen LogP contribution in [-0.4, -0.2) is 79.6 Å². The van der Waals surface area contributed by atoms with E-state index in [0.29, 0.717) is 24.3 Å². The molecule has 0 radical (unpaired) electrons. The van der Waals surface area contributed by atoms with E-state index in [1.54, 1.807) is 6.92 Å². The van der Waals surface area contributed by atoms with Gasteiger partial charge in [0.15, 0.2) is 5.78 Å². The molecule has 4 aliphatic carbocycles. The molecule has 228 valence electrons. The van der Waals surface area contributed by atoms with Crippen molar-refractivity contribution in [1.29, 1.82) is 0 Å². The van der Waals surface area contributed by atoms with Gasteiger partial charge >= 0.3 is 11.9 Å². The quantitative estimate of drug-likeness (QED) is 0.278. The van der Waals surface area contributed by atoms with Crippen molar-refractivity contribution in [2.75, 3.05) is 12.4 Å². The first kappa shape index (κ1) is 30.7. The molecule has 5 aliphatic rings. The molecule has 0 bridgehead atoms. The molecule has 0 aromatic rings. The van der Waals surface area contributed by atoms with Crippen molar-refractivity contribution in [3.05, 3.63) is 23.3 Å². The molecule has 6 N–H and O–H groups in total. The van der Waals surface area contributed by atoms with Gasteiger partial charge in [-0.1, -0.05) is 19.4 Å². The van der Waals surface area contributed by atoms with E-state index in [9.17, 15) is 34.8 Å². The standard InChI is InChI=1S/C31H45NO8S/c1-15-11-23(40-28(38)18(15)13-33)16(2)19-5-6-20-17-12-26(41-14-22(32)27(36)37)31(39)25(35)8-7-24(34)30(31,4)21(17)9-10-29(19,20)3/h7-8,16-17,19-23,25-26,33,35,39H,5-6,9-14,32H2,1-4H3,(H,36,37)/t16-,17?,19+,20?,21?,22-,23+,25-,26-,29+,30-,31+/m0/s1. The summed E-state index contributed by atoms with van der Waals surface area (Å²) in [5, 5.41) is 41.8. The van der Waals surface area contributed by atoms with Crippen LogP contribution in [0.2, 0.25) is 0 Å². The van der Waals surface area contributed by atoms with Crippen molar-refractivity contribution in [2.45, 2.75) is 95.3 Å². The number of aliphatic hydroxyl groups excluding tert-OH is 2. The van der Waals surface area contributed by atoms with Crippen molar-refractivity contribution in [2.24, 2.45) is 46.2 Å². The highest BCUT2D eigenvalue weighted by atomic mass is 32.2. The smallest absolute Gasteiger partial charge is 0.336 e. The van der Waals surface area contributed by atoms with Crippen LogP contribution in [-0.2, 0) is 19.1 Å². The highest BCUT2D eigenvalue weighted by Gasteiger charge is 2.71. The fourth-order valence-electron chi connectivity index (χ4n) is 9.76. The summed E-state index contributed by atoms with van der Waals surface area (Å²) in [7, 11) is 0. The molecule has 41 heavy (non-hydrogen) atoms. The Kier molecular flexibility index (Phi) is 8.07. The van der Waals surface area contributed by atoms with Gasteiger partial charge in [0, 0.05) is 17.4 Å². The fourth-order valence-corrected chi connectivity index (χ4v) is 11.3. The Bertz CT molecular complexity index is 1170. The third kappa shape index (κ3) is 4.46. The van der Waals surface area contributed by atoms with Gasteiger partial charge in [0.1, 0.15) is 23.9 Å². The number of carbonyl (C=O) groups is 3. The van der Waals surface area contributed by atoms with E-state index in [1.165, 1.54) is 23.9 Å². The molecule has 0 spiro atoms. The first-order chi connectivity index (χ1) is 19.2. The van der Waals surface area contributed by atoms with Crippen LogP contribution in [0.4, 0.5) is 0 Å². The average Bonchev–Trinajstić information content (AvgIpc) is 3.28. The SMILES string of the molecule is CC1=C(CO)C(=O)O[C@@H]([C@@H](C)[C@H]2CCC3C4C[C@H](SC[C@H](N)C(=O)O)[C@]5(O)[C@@H](O)C=CC(=O)[C@]5(C)C4CC[C@@]32C)C1. The number of thioether (sulfide) groups is 1. The Morgan fingerprint density at radius 1 is 1.22 bits per heavy atom. The Morgan fingerprint density at radius 2 is 1.93 bits per heavy atom. The topological polar surface area (TPSA) is 167 Å². The number of allylic oxidation sites excluding steroid dienone is 1. The van der Waals surface area contributed by atoms with Gasteiger partial charge in [-0.05, 0) is 93.1 Å². The van der Waals surface area contributed by atoms with E-state index >= 15 is 0 Å². The van der Waals surface area contributed by atoms with Crippen molar-refractivity contribution in [1.82, 2.24) is 0 Å². The number of aliphatic carboxylic acids is 1. The number of ether oxygens (including phenoxy) is 1. The molecule has 0 aromatic carbocycles. The van der Waals surface area contributed by atoms with Gasteiger partial charge in [0.2, 0.25) is 0 Å². The predicted molar refractivity (Wildman–Crippen MR) is 154 cm³/mol. The minimum absolute atomic E-state index is 0.0630. The molecular weight excluding hydrogens is 546 g/mol. The first-order valence-electron chi connectivity index (χ1n) is 14.9. The number of ketones is 1. The molecule has 3 fully saturated rings. The Hall–Kier alpha value is -1.72. The van der Waals surface area contributed by atoms with Gasteiger partial charge in [-0.3, -0.25) is 9.59 Å². The number of carbonyl (C=O) groups excluding carboxylic acids is 2. The molecule has 1 aliphatic heterocycles. The number of carboxylic acid groups (broad SMARTS) is 1. The number of rotatable bonds is 7. The monoisotopic (exact) mass is 591 g/mol. The third-order valence-electron chi connectivity index (χ3n) is 12.2. The lowest BCUT2D eigenvalue weighted by Crippen LogP contribution is -2.73. The van der Waals surface area contributed by atoms with Crippen LogP contribution in [0.1, 0.15) is 66.2 Å². The predicted octanol–water partition coefficient (Wildman–Crippen LogP) is 2.46. The van der Waals surface area contributed by atoms with Crippen LogP contribution in [0.3, 0.4) is 0 Å². The van der Waals surface area contributed by atoms with Crippen LogP contribution >= 0.6 is 11.8 Å². The van der Waals surface area contributed by atoms with Crippen molar-refractivity contribution >= 4 is 29.5 Å². The van der Waals surface area contributed by atoms with E-state index in [4.69, 9.17) is 10.5 Å². The van der Waals surface area contributed by atoms with E-state index < -0.39 is 40.4 Å². The summed E-state index contributed by atoms with van der Waals surface area (Å²) in [6, 6.07) is -1.12. The number of esters is 1. The number of fused-ring (bicyclic) bond motifs is 5. The van der Waals surface area contributed by atoms with E-state index in [0.717, 1.165) is 31.3 Å². The van der Waals surface area contributed by atoms with Crippen LogP contribution in [0.25, 0.3) is 0 Å². The zero-order valence-corrected chi connectivity index (χ0v) is 25.2. The molecular formula is C31H45NO8S. The van der Waals surface area contributed by atoms with Gasteiger partial charge in [-0.2, -0.15) is 11.8 Å². The zero-order valence-electron chi connectivity index (χ0n) is 24.4. The van der Waals surface area contributed by atoms with E-state index in [1.807, 2.05) is 6.92 Å². The highest BCUT2D eigenvalue weighted by Crippen LogP contribution is 2.69. The van der Waals surface area contributed by atoms with Crippen LogP contribution in [0.15, 0.2) is 23.3 Å². The molecule has 0 saturated heterocycles. The number of hydrogen-bond donors (Lipinski definition) is 5. The second-order valence-electron chi connectivity index (χ2n) is 13.7. The van der Waals surface area contributed by atoms with Crippen molar-refractivity contribution < 1.29 is 39.5 Å². The molecule has 1 heterocycles. The molecule has 3 saturated carbocycles. The van der Waals surface area contributed by atoms with Crippen LogP contribution in [0.5, 0.6) is 0 Å². The number of aliphatic hydroxyl groups is 3. The van der Waals surface area contributed by atoms with E-state index in [2.05, 4.69) is 13.8 Å². The largest absolute Gasteiger partial charge is 0.480 e. The lowest BCUT2D eigenvalue weighted by atomic mass is 9.43. The second kappa shape index (κ2) is 10.8. The normalized spacial score (nSPS) is 45.4. The van der Waals surface area contributed by atoms with Gasteiger partial charge in [-0.25, -0.2) is 4.79 Å². The molecule has 3 unspecified atom stereocenters. The fraction of sp³-hybridized carbons (Fsp3) is 0.774. The summed E-state index contributed by atoms with van der Waals surface area (Å²) in [5.41, 5.74) is 4.07. The minimum Gasteiger partial charge on any atom is -0.480 e. The van der Waals surface area contributed by atoms with Gasteiger partial charge in [-0.15, -0.1) is 0 Å². The first-order valence-corrected chi connectivity index (χ1v) is 16.0. The summed E-state index contributed by atoms with van der Waals surface area (Å²) >= 11 is 1.26. The minimum atomic E-state index is -1.73. The van der Waals surface area contributed by atoms with Gasteiger partial charge < -0.3 is 30.9 Å². The molecule has 0 aromatic heterocycles. The molecule has 0 amide bonds. The summed E-state index contributed by atoms with van der Waals surface area (Å²) in [6.45, 7) is 7.87. The van der Waals surface area contributed by atoms with E-state index in [-0.39, 0.29) is 53.3 Å². The van der Waals surface area contributed by atoms with Crippen LogP contribution in [0, 0.1) is 40.4 Å². The molecule has 9 nitrogen and oxygen atoms in total. The van der Waals surface area contributed by atoms with Crippen molar-refractivity contribution in [3.8, 4) is 0 Å². The maximum Gasteiger partial charge on any atom is 0.336 e. The maximum atomic E-state index is 13.7. The highest BCUT2D eigenvalue weighted by molar-refractivity contribution is 8.00. The summed E-state index contributed by atoms with van der Waals surface area (Å²) in [4.78, 5) is 37.7. The summed E-state index contributed by atoms with van der Waals surface area (Å²) in [5.74, 6) is -1.02. The Morgan fingerprint density at radius 3 is 2.56 bits per heavy atom. The molecule has 12 atom stereocenters.